The molecular weight excluding hydrogens is 317 g/mol. The van der Waals surface area contributed by atoms with Crippen LogP contribution in [0.3, 0.4) is 0 Å². The molecule has 0 bridgehead atoms. The smallest absolute Gasteiger partial charge is 0.142 e. The lowest BCUT2D eigenvalue weighted by atomic mass is 9.98. The van der Waals surface area contributed by atoms with Crippen LogP contribution in [0.2, 0.25) is 0 Å². The molecule has 3 heteroatoms. The Morgan fingerprint density at radius 3 is 2.55 bits per heavy atom. The van der Waals surface area contributed by atoms with E-state index >= 15 is 0 Å². The summed E-state index contributed by atoms with van der Waals surface area (Å²) >= 11 is 3.26. The molecule has 1 nitrogen and oxygen atoms in total. The molecule has 0 saturated heterocycles. The van der Waals surface area contributed by atoms with Crippen molar-refractivity contribution in [1.82, 2.24) is 5.32 Å². The van der Waals surface area contributed by atoms with Gasteiger partial charge in [0.1, 0.15) is 5.82 Å². The van der Waals surface area contributed by atoms with Gasteiger partial charge in [0.2, 0.25) is 0 Å². The van der Waals surface area contributed by atoms with Crippen LogP contribution < -0.4 is 5.32 Å². The van der Waals surface area contributed by atoms with E-state index in [1.807, 2.05) is 37.3 Å². The fourth-order valence-corrected chi connectivity index (χ4v) is 2.74. The molecule has 0 fully saturated rings. The first-order valence-corrected chi connectivity index (χ1v) is 7.73. The van der Waals surface area contributed by atoms with Crippen molar-refractivity contribution < 1.29 is 4.39 Å². The van der Waals surface area contributed by atoms with E-state index < -0.39 is 0 Å². The Balaban J connectivity index is 2.12. The Morgan fingerprint density at radius 2 is 1.85 bits per heavy atom. The van der Waals surface area contributed by atoms with Gasteiger partial charge in [0.15, 0.2) is 0 Å². The molecule has 0 radical (unpaired) electrons. The normalized spacial score (nSPS) is 12.3. The third-order valence-corrected chi connectivity index (χ3v) is 3.98. The molecule has 0 aliphatic carbocycles. The van der Waals surface area contributed by atoms with Gasteiger partial charge in [0.05, 0.1) is 4.47 Å². The van der Waals surface area contributed by atoms with Crippen LogP contribution in [0, 0.1) is 5.82 Å². The van der Waals surface area contributed by atoms with Gasteiger partial charge < -0.3 is 5.32 Å². The zero-order valence-corrected chi connectivity index (χ0v) is 13.2. The third-order valence-electron chi connectivity index (χ3n) is 3.37. The van der Waals surface area contributed by atoms with Gasteiger partial charge in [-0.2, -0.15) is 0 Å². The van der Waals surface area contributed by atoms with Gasteiger partial charge in [-0.3, -0.25) is 0 Å². The largest absolute Gasteiger partial charge is 0.310 e. The minimum atomic E-state index is -0.161. The lowest BCUT2D eigenvalue weighted by Crippen LogP contribution is -2.22. The summed E-state index contributed by atoms with van der Waals surface area (Å²) in [6, 6.07) is 15.8. The average molecular weight is 336 g/mol. The van der Waals surface area contributed by atoms with Crippen molar-refractivity contribution in [2.75, 3.05) is 6.54 Å². The van der Waals surface area contributed by atoms with Crippen LogP contribution in [0.15, 0.2) is 53.0 Å². The summed E-state index contributed by atoms with van der Waals surface area (Å²) in [5, 5.41) is 3.38. The Morgan fingerprint density at radius 1 is 1.10 bits per heavy atom. The number of hydrogen-bond acceptors (Lipinski definition) is 1. The second-order valence-corrected chi connectivity index (χ2v) is 5.63. The molecule has 2 aromatic rings. The van der Waals surface area contributed by atoms with Gasteiger partial charge in [-0.25, -0.2) is 4.39 Å². The van der Waals surface area contributed by atoms with Crippen LogP contribution in [0.1, 0.15) is 30.5 Å². The van der Waals surface area contributed by atoms with Gasteiger partial charge in [-0.15, -0.1) is 0 Å². The molecular formula is C17H19BrFN. The van der Waals surface area contributed by atoms with Crippen molar-refractivity contribution >= 4 is 15.9 Å². The number of hydrogen-bond donors (Lipinski definition) is 1. The maximum atomic E-state index is 14.2. The monoisotopic (exact) mass is 335 g/mol. The number of halogens is 2. The molecule has 0 heterocycles. The average Bonchev–Trinajstić information content (AvgIpc) is 2.48. The molecule has 0 saturated carbocycles. The molecule has 0 amide bonds. The number of aryl methyl sites for hydroxylation is 1. The quantitative estimate of drug-likeness (QED) is 0.793. The number of benzene rings is 2. The Labute approximate surface area is 128 Å². The minimum absolute atomic E-state index is 0.0395. The molecule has 106 valence electrons. The summed E-state index contributed by atoms with van der Waals surface area (Å²) in [6.45, 7) is 2.87. The van der Waals surface area contributed by atoms with Crippen LogP contribution in [0.4, 0.5) is 4.39 Å². The predicted molar refractivity (Wildman–Crippen MR) is 85.3 cm³/mol. The maximum Gasteiger partial charge on any atom is 0.142 e. The van der Waals surface area contributed by atoms with Gasteiger partial charge in [-0.05, 0) is 46.9 Å². The SMILES string of the molecule is CCNC(CCc1ccccc1)c1cccc(Br)c1F. The van der Waals surface area contributed by atoms with Crippen molar-refractivity contribution in [2.24, 2.45) is 0 Å². The summed E-state index contributed by atoms with van der Waals surface area (Å²) in [7, 11) is 0. The summed E-state index contributed by atoms with van der Waals surface area (Å²) in [5.74, 6) is -0.161. The van der Waals surface area contributed by atoms with Gasteiger partial charge >= 0.3 is 0 Å². The summed E-state index contributed by atoms with van der Waals surface area (Å²) in [6.07, 6.45) is 1.82. The predicted octanol–water partition coefficient (Wildman–Crippen LogP) is 4.87. The first-order valence-electron chi connectivity index (χ1n) is 6.93. The molecule has 1 atom stereocenters. The van der Waals surface area contributed by atoms with Crippen LogP contribution >= 0.6 is 15.9 Å². The highest BCUT2D eigenvalue weighted by Gasteiger charge is 2.16. The highest BCUT2D eigenvalue weighted by Crippen LogP contribution is 2.26. The molecule has 1 N–H and O–H groups in total. The van der Waals surface area contributed by atoms with Crippen molar-refractivity contribution in [3.63, 3.8) is 0 Å². The highest BCUT2D eigenvalue weighted by molar-refractivity contribution is 9.10. The molecule has 0 aromatic heterocycles. The van der Waals surface area contributed by atoms with Crippen LogP contribution in [0.25, 0.3) is 0 Å². The lowest BCUT2D eigenvalue weighted by molar-refractivity contribution is 0.483. The molecule has 1 unspecified atom stereocenters. The lowest BCUT2D eigenvalue weighted by Gasteiger charge is -2.19. The van der Waals surface area contributed by atoms with E-state index in [0.717, 1.165) is 24.9 Å². The highest BCUT2D eigenvalue weighted by atomic mass is 79.9. The van der Waals surface area contributed by atoms with E-state index in [0.29, 0.717) is 4.47 Å². The van der Waals surface area contributed by atoms with Crippen molar-refractivity contribution in [2.45, 2.75) is 25.8 Å². The molecule has 2 aromatic carbocycles. The van der Waals surface area contributed by atoms with E-state index in [4.69, 9.17) is 0 Å². The van der Waals surface area contributed by atoms with E-state index in [1.54, 1.807) is 6.07 Å². The zero-order chi connectivity index (χ0) is 14.4. The summed E-state index contributed by atoms with van der Waals surface area (Å²) in [4.78, 5) is 0. The first-order chi connectivity index (χ1) is 9.72. The first kappa shape index (κ1) is 15.2. The van der Waals surface area contributed by atoms with Crippen LogP contribution in [-0.4, -0.2) is 6.54 Å². The van der Waals surface area contributed by atoms with Gasteiger partial charge in [0, 0.05) is 11.6 Å². The second kappa shape index (κ2) is 7.55. The van der Waals surface area contributed by atoms with Crippen LogP contribution in [-0.2, 0) is 6.42 Å². The van der Waals surface area contributed by atoms with E-state index in [1.165, 1.54) is 5.56 Å². The second-order valence-electron chi connectivity index (χ2n) is 4.78. The fraction of sp³-hybridized carbons (Fsp3) is 0.294. The zero-order valence-electron chi connectivity index (χ0n) is 11.6. The summed E-state index contributed by atoms with van der Waals surface area (Å²) < 4.78 is 14.7. The van der Waals surface area contributed by atoms with Crippen molar-refractivity contribution in [1.29, 1.82) is 0 Å². The Kier molecular flexibility index (Phi) is 5.74. The third kappa shape index (κ3) is 3.90. The molecule has 2 rings (SSSR count). The van der Waals surface area contributed by atoms with Crippen molar-refractivity contribution in [3.8, 4) is 0 Å². The van der Waals surface area contributed by atoms with Gasteiger partial charge in [0.25, 0.3) is 0 Å². The standard InChI is InChI=1S/C17H19BrFN/c1-2-20-16(12-11-13-7-4-3-5-8-13)14-9-6-10-15(18)17(14)19/h3-10,16,20H,2,11-12H2,1H3. The van der Waals surface area contributed by atoms with E-state index in [-0.39, 0.29) is 11.9 Å². The molecule has 0 aliphatic rings. The number of rotatable bonds is 6. The molecule has 20 heavy (non-hydrogen) atoms. The van der Waals surface area contributed by atoms with Crippen LogP contribution in [0.5, 0.6) is 0 Å². The Hall–Kier alpha value is -1.19. The van der Waals surface area contributed by atoms with Crippen molar-refractivity contribution in [3.05, 3.63) is 69.9 Å². The van der Waals surface area contributed by atoms with E-state index in [9.17, 15) is 4.39 Å². The number of nitrogens with one attached hydrogen (secondary N) is 1. The summed E-state index contributed by atoms with van der Waals surface area (Å²) in [5.41, 5.74) is 2.02. The van der Waals surface area contributed by atoms with Gasteiger partial charge in [-0.1, -0.05) is 49.4 Å². The minimum Gasteiger partial charge on any atom is -0.310 e. The molecule has 0 aliphatic heterocycles. The van der Waals surface area contributed by atoms with E-state index in [2.05, 4.69) is 33.4 Å². The Bertz CT molecular complexity index is 542. The molecule has 0 spiro atoms. The fourth-order valence-electron chi connectivity index (χ4n) is 2.36. The maximum absolute atomic E-state index is 14.2. The topological polar surface area (TPSA) is 12.0 Å².